The fraction of sp³-hybridized carbons (Fsp3) is 0.438. The van der Waals surface area contributed by atoms with Crippen molar-refractivity contribution in [1.82, 2.24) is 4.98 Å². The van der Waals surface area contributed by atoms with Gasteiger partial charge in [-0.05, 0) is 42.7 Å². The maximum Gasteiger partial charge on any atom is 0.0705 e. The molecule has 1 fully saturated rings. The molecule has 2 atom stereocenters. The first-order chi connectivity index (χ1) is 8.17. The van der Waals surface area contributed by atoms with Crippen LogP contribution in [-0.4, -0.2) is 4.98 Å². The molecule has 0 saturated heterocycles. The smallest absolute Gasteiger partial charge is 0.0705 e. The highest BCUT2D eigenvalue weighted by Gasteiger charge is 2.39. The molecule has 17 heavy (non-hydrogen) atoms. The van der Waals surface area contributed by atoms with E-state index in [4.69, 9.17) is 4.98 Å². The lowest BCUT2D eigenvalue weighted by Gasteiger charge is -2.45. The van der Waals surface area contributed by atoms with Gasteiger partial charge in [-0.15, -0.1) is 0 Å². The first-order valence-electron chi connectivity index (χ1n) is 6.52. The zero-order valence-electron chi connectivity index (χ0n) is 10.6. The van der Waals surface area contributed by atoms with E-state index in [2.05, 4.69) is 50.2 Å². The molecule has 0 bridgehead atoms. The van der Waals surface area contributed by atoms with Crippen molar-refractivity contribution in [2.24, 2.45) is 11.3 Å². The predicted octanol–water partition coefficient (Wildman–Crippen LogP) is 4.21. The predicted molar refractivity (Wildman–Crippen MR) is 72.0 cm³/mol. The van der Waals surface area contributed by atoms with Gasteiger partial charge in [-0.1, -0.05) is 38.1 Å². The molecular formula is C16H19N. The Bertz CT molecular complexity index is 546. The van der Waals surface area contributed by atoms with E-state index in [0.29, 0.717) is 5.41 Å². The van der Waals surface area contributed by atoms with E-state index in [1.807, 2.05) is 0 Å². The number of fused-ring (bicyclic) bond motifs is 1. The molecule has 0 aliphatic heterocycles. The highest BCUT2D eigenvalue weighted by Crippen LogP contribution is 2.48. The van der Waals surface area contributed by atoms with Crippen LogP contribution in [0.15, 0.2) is 36.4 Å². The molecule has 3 rings (SSSR count). The van der Waals surface area contributed by atoms with Crippen LogP contribution in [0.1, 0.15) is 32.4 Å². The monoisotopic (exact) mass is 225 g/mol. The SMILES string of the molecule is C[C@@H]1CCC1(C)Cc1ccc2ccccc2n1. The zero-order valence-corrected chi connectivity index (χ0v) is 10.6. The first kappa shape index (κ1) is 10.8. The van der Waals surface area contributed by atoms with Crippen molar-refractivity contribution < 1.29 is 0 Å². The van der Waals surface area contributed by atoms with Crippen LogP contribution in [0.5, 0.6) is 0 Å². The van der Waals surface area contributed by atoms with E-state index in [0.717, 1.165) is 17.9 Å². The first-order valence-corrected chi connectivity index (χ1v) is 6.52. The molecule has 1 aliphatic carbocycles. The summed E-state index contributed by atoms with van der Waals surface area (Å²) < 4.78 is 0. The largest absolute Gasteiger partial charge is 0.253 e. The van der Waals surface area contributed by atoms with Gasteiger partial charge in [0.2, 0.25) is 0 Å². The minimum absolute atomic E-state index is 0.482. The molecule has 0 spiro atoms. The van der Waals surface area contributed by atoms with Crippen molar-refractivity contribution in [2.75, 3.05) is 0 Å². The maximum atomic E-state index is 4.78. The van der Waals surface area contributed by atoms with Crippen molar-refractivity contribution >= 4 is 10.9 Å². The molecule has 88 valence electrons. The molecule has 1 aromatic heterocycles. The van der Waals surface area contributed by atoms with E-state index in [1.165, 1.54) is 23.9 Å². The second-order valence-electron chi connectivity index (χ2n) is 5.77. The van der Waals surface area contributed by atoms with E-state index in [1.54, 1.807) is 0 Å². The number of benzene rings is 1. The molecule has 0 radical (unpaired) electrons. The fourth-order valence-electron chi connectivity index (χ4n) is 2.81. The number of para-hydroxylation sites is 1. The van der Waals surface area contributed by atoms with Crippen molar-refractivity contribution in [2.45, 2.75) is 33.1 Å². The summed E-state index contributed by atoms with van der Waals surface area (Å²) in [5.74, 6) is 0.843. The molecule has 2 aromatic rings. The van der Waals surface area contributed by atoms with Gasteiger partial charge in [0.05, 0.1) is 5.52 Å². The summed E-state index contributed by atoms with van der Waals surface area (Å²) in [6, 6.07) is 12.7. The van der Waals surface area contributed by atoms with Gasteiger partial charge in [-0.2, -0.15) is 0 Å². The Kier molecular flexibility index (Phi) is 2.43. The highest BCUT2D eigenvalue weighted by molar-refractivity contribution is 5.78. The average Bonchev–Trinajstić information content (AvgIpc) is 2.37. The molecule has 1 aliphatic rings. The second kappa shape index (κ2) is 3.83. The minimum Gasteiger partial charge on any atom is -0.253 e. The third-order valence-electron chi connectivity index (χ3n) is 4.58. The van der Waals surface area contributed by atoms with Crippen LogP contribution in [0.4, 0.5) is 0 Å². The Morgan fingerprint density at radius 1 is 1.24 bits per heavy atom. The van der Waals surface area contributed by atoms with E-state index >= 15 is 0 Å². The average molecular weight is 225 g/mol. The molecule has 1 heteroatoms. The van der Waals surface area contributed by atoms with Crippen LogP contribution in [-0.2, 0) is 6.42 Å². The normalized spacial score (nSPS) is 28.0. The van der Waals surface area contributed by atoms with Gasteiger partial charge in [0.15, 0.2) is 0 Å². The molecule has 0 N–H and O–H groups in total. The standard InChI is InChI=1S/C16H19N/c1-12-9-10-16(12,2)11-14-8-7-13-5-3-4-6-15(13)17-14/h3-8,12H,9-11H2,1-2H3/t12-,16?/m1/s1. The highest BCUT2D eigenvalue weighted by atomic mass is 14.7. The van der Waals surface area contributed by atoms with Gasteiger partial charge in [0.1, 0.15) is 0 Å². The van der Waals surface area contributed by atoms with Gasteiger partial charge in [-0.25, -0.2) is 0 Å². The third-order valence-corrected chi connectivity index (χ3v) is 4.58. The molecule has 0 amide bonds. The molecule has 1 saturated carbocycles. The molecule has 1 heterocycles. The fourth-order valence-corrected chi connectivity index (χ4v) is 2.81. The van der Waals surface area contributed by atoms with Crippen molar-refractivity contribution in [3.8, 4) is 0 Å². The van der Waals surface area contributed by atoms with Crippen LogP contribution in [0.25, 0.3) is 10.9 Å². The summed E-state index contributed by atoms with van der Waals surface area (Å²) in [5.41, 5.74) is 2.86. The summed E-state index contributed by atoms with van der Waals surface area (Å²) in [5, 5.41) is 1.24. The lowest BCUT2D eigenvalue weighted by atomic mass is 9.60. The summed E-state index contributed by atoms with van der Waals surface area (Å²) in [6.07, 6.45) is 3.85. The third kappa shape index (κ3) is 1.84. The Hall–Kier alpha value is -1.37. The Balaban J connectivity index is 1.91. The molecule has 1 nitrogen and oxygen atoms in total. The van der Waals surface area contributed by atoms with Gasteiger partial charge in [0, 0.05) is 11.1 Å². The summed E-state index contributed by atoms with van der Waals surface area (Å²) in [4.78, 5) is 4.78. The number of nitrogens with zero attached hydrogens (tertiary/aromatic N) is 1. The summed E-state index contributed by atoms with van der Waals surface area (Å²) in [6.45, 7) is 4.77. The zero-order chi connectivity index (χ0) is 11.9. The van der Waals surface area contributed by atoms with Crippen molar-refractivity contribution in [3.05, 3.63) is 42.1 Å². The van der Waals surface area contributed by atoms with Gasteiger partial charge >= 0.3 is 0 Å². The Morgan fingerprint density at radius 2 is 2.06 bits per heavy atom. The Labute approximate surface area is 103 Å². The molecule has 1 aromatic carbocycles. The molecular weight excluding hydrogens is 206 g/mol. The van der Waals surface area contributed by atoms with Crippen LogP contribution in [0.3, 0.4) is 0 Å². The van der Waals surface area contributed by atoms with E-state index in [-0.39, 0.29) is 0 Å². The number of rotatable bonds is 2. The Morgan fingerprint density at radius 3 is 2.76 bits per heavy atom. The van der Waals surface area contributed by atoms with E-state index in [9.17, 15) is 0 Å². The maximum absolute atomic E-state index is 4.78. The van der Waals surface area contributed by atoms with Crippen LogP contribution in [0, 0.1) is 11.3 Å². The quantitative estimate of drug-likeness (QED) is 0.746. The molecule has 1 unspecified atom stereocenters. The van der Waals surface area contributed by atoms with Gasteiger partial charge < -0.3 is 0 Å². The number of aromatic nitrogens is 1. The minimum atomic E-state index is 0.482. The second-order valence-corrected chi connectivity index (χ2v) is 5.77. The number of pyridine rings is 1. The van der Waals surface area contributed by atoms with Crippen molar-refractivity contribution in [1.29, 1.82) is 0 Å². The lowest BCUT2D eigenvalue weighted by molar-refractivity contribution is 0.0652. The van der Waals surface area contributed by atoms with Gasteiger partial charge in [0.25, 0.3) is 0 Å². The van der Waals surface area contributed by atoms with Crippen molar-refractivity contribution in [3.63, 3.8) is 0 Å². The van der Waals surface area contributed by atoms with Crippen LogP contribution < -0.4 is 0 Å². The number of hydrogen-bond acceptors (Lipinski definition) is 1. The lowest BCUT2D eigenvalue weighted by Crippen LogP contribution is -2.37. The summed E-state index contributed by atoms with van der Waals surface area (Å²) >= 11 is 0. The van der Waals surface area contributed by atoms with E-state index < -0.39 is 0 Å². The van der Waals surface area contributed by atoms with Crippen LogP contribution in [0.2, 0.25) is 0 Å². The van der Waals surface area contributed by atoms with Gasteiger partial charge in [-0.3, -0.25) is 4.98 Å². The number of hydrogen-bond donors (Lipinski definition) is 0. The van der Waals surface area contributed by atoms with Crippen LogP contribution >= 0.6 is 0 Å². The topological polar surface area (TPSA) is 12.9 Å². The summed E-state index contributed by atoms with van der Waals surface area (Å²) in [7, 11) is 0.